The van der Waals surface area contributed by atoms with Gasteiger partial charge in [-0.1, -0.05) is 202 Å². The van der Waals surface area contributed by atoms with Gasteiger partial charge in [0, 0.05) is 39.1 Å². The number of carbonyl (C=O) groups is 1. The number of rotatable bonds is 49. The summed E-state index contributed by atoms with van der Waals surface area (Å²) in [7, 11) is 0. The van der Waals surface area contributed by atoms with Gasteiger partial charge in [0.15, 0.2) is 0 Å². The van der Waals surface area contributed by atoms with Crippen molar-refractivity contribution in [3.63, 3.8) is 0 Å². The summed E-state index contributed by atoms with van der Waals surface area (Å²) in [5.41, 5.74) is 0. The number of hydrogen-bond donors (Lipinski definition) is 0. The van der Waals surface area contributed by atoms with E-state index in [1.54, 1.807) is 0 Å². The SMILES string of the molecule is CCCCCCCCCN(CCCC(=O)OCCCCC)CCC1CCCN(CCN(CCCCCCCCC)CCN(CCCCCCCCC)CCCCCCCCC)C1. The van der Waals surface area contributed by atoms with Crippen molar-refractivity contribution in [1.29, 1.82) is 0 Å². The minimum absolute atomic E-state index is 0.00922. The second kappa shape index (κ2) is 46.8. The van der Waals surface area contributed by atoms with E-state index in [9.17, 15) is 4.79 Å². The molecule has 6 nitrogen and oxygen atoms in total. The van der Waals surface area contributed by atoms with Gasteiger partial charge < -0.3 is 24.3 Å². The van der Waals surface area contributed by atoms with E-state index in [4.69, 9.17) is 4.74 Å². The molecular formula is C56H114N4O2. The summed E-state index contributed by atoms with van der Waals surface area (Å²) >= 11 is 0. The molecule has 62 heavy (non-hydrogen) atoms. The van der Waals surface area contributed by atoms with E-state index in [0.29, 0.717) is 13.0 Å². The zero-order chi connectivity index (χ0) is 44.8. The van der Waals surface area contributed by atoms with Crippen molar-refractivity contribution in [1.82, 2.24) is 19.6 Å². The van der Waals surface area contributed by atoms with E-state index in [0.717, 1.165) is 31.7 Å². The van der Waals surface area contributed by atoms with Crippen LogP contribution in [0.2, 0.25) is 0 Å². The van der Waals surface area contributed by atoms with Crippen LogP contribution in [0.25, 0.3) is 0 Å². The number of hydrogen-bond acceptors (Lipinski definition) is 6. The van der Waals surface area contributed by atoms with E-state index < -0.39 is 0 Å². The molecule has 0 aromatic carbocycles. The second-order valence-corrected chi connectivity index (χ2v) is 20.1. The topological polar surface area (TPSA) is 39.3 Å². The summed E-state index contributed by atoms with van der Waals surface area (Å²) in [5, 5.41) is 0. The largest absolute Gasteiger partial charge is 0.466 e. The van der Waals surface area contributed by atoms with E-state index in [1.165, 1.54) is 277 Å². The van der Waals surface area contributed by atoms with Crippen LogP contribution in [0.3, 0.4) is 0 Å². The highest BCUT2D eigenvalue weighted by Gasteiger charge is 2.22. The molecule has 1 heterocycles. The first-order valence-corrected chi connectivity index (χ1v) is 28.6. The van der Waals surface area contributed by atoms with Gasteiger partial charge in [0.05, 0.1) is 6.61 Å². The Labute approximate surface area is 390 Å². The fourth-order valence-corrected chi connectivity index (χ4v) is 9.75. The van der Waals surface area contributed by atoms with Crippen LogP contribution in [-0.2, 0) is 9.53 Å². The maximum Gasteiger partial charge on any atom is 0.305 e. The fraction of sp³-hybridized carbons (Fsp3) is 0.982. The molecule has 370 valence electrons. The van der Waals surface area contributed by atoms with Crippen molar-refractivity contribution in [2.24, 2.45) is 5.92 Å². The molecule has 0 amide bonds. The molecule has 0 aromatic heterocycles. The molecule has 1 unspecified atom stereocenters. The summed E-state index contributed by atoms with van der Waals surface area (Å²) in [5.74, 6) is 0.815. The van der Waals surface area contributed by atoms with Crippen molar-refractivity contribution < 1.29 is 9.53 Å². The van der Waals surface area contributed by atoms with Gasteiger partial charge in [-0.25, -0.2) is 0 Å². The highest BCUT2D eigenvalue weighted by molar-refractivity contribution is 5.69. The summed E-state index contributed by atoms with van der Waals surface area (Å²) < 4.78 is 5.55. The molecule has 0 aromatic rings. The van der Waals surface area contributed by atoms with Gasteiger partial charge in [-0.05, 0) is 110 Å². The van der Waals surface area contributed by atoms with Crippen molar-refractivity contribution in [2.75, 3.05) is 85.1 Å². The average Bonchev–Trinajstić information content (AvgIpc) is 3.28. The summed E-state index contributed by atoms with van der Waals surface area (Å²) in [6, 6.07) is 0. The lowest BCUT2D eigenvalue weighted by Gasteiger charge is -2.36. The molecular weight excluding hydrogens is 761 g/mol. The van der Waals surface area contributed by atoms with Crippen LogP contribution < -0.4 is 0 Å². The molecule has 1 aliphatic heterocycles. The normalized spacial score (nSPS) is 14.9. The van der Waals surface area contributed by atoms with Gasteiger partial charge in [-0.2, -0.15) is 0 Å². The molecule has 1 atom stereocenters. The minimum atomic E-state index is 0.00922. The van der Waals surface area contributed by atoms with Gasteiger partial charge in [-0.15, -0.1) is 0 Å². The Kier molecular flexibility index (Phi) is 44.8. The first-order chi connectivity index (χ1) is 30.6. The summed E-state index contributed by atoms with van der Waals surface area (Å²) in [6.07, 6.45) is 47.9. The van der Waals surface area contributed by atoms with E-state index >= 15 is 0 Å². The van der Waals surface area contributed by atoms with E-state index in [-0.39, 0.29) is 5.97 Å². The molecule has 0 saturated carbocycles. The van der Waals surface area contributed by atoms with Crippen LogP contribution in [0.1, 0.15) is 266 Å². The standard InChI is InChI=1S/C56H114N4O2/c1-6-11-16-20-24-28-32-42-57(46-38-40-56(61)62-53-36-15-10-5)48-41-55-39-37-47-60(54-55)52-51-59(45-35-31-27-23-19-14-9-4)50-49-58(43-33-29-25-21-17-12-7-2)44-34-30-26-22-18-13-8-3/h55H,6-54H2,1-5H3. The van der Waals surface area contributed by atoms with Gasteiger partial charge in [0.1, 0.15) is 0 Å². The molecule has 1 aliphatic rings. The molecule has 0 N–H and O–H groups in total. The molecule has 1 saturated heterocycles. The van der Waals surface area contributed by atoms with Crippen molar-refractivity contribution in [3.05, 3.63) is 0 Å². The zero-order valence-electron chi connectivity index (χ0n) is 43.3. The Morgan fingerprint density at radius 2 is 0.806 bits per heavy atom. The lowest BCUT2D eigenvalue weighted by molar-refractivity contribution is -0.144. The predicted octanol–water partition coefficient (Wildman–Crippen LogP) is 15.5. The molecule has 0 radical (unpaired) electrons. The Morgan fingerprint density at radius 1 is 0.435 bits per heavy atom. The Bertz CT molecular complexity index is 885. The van der Waals surface area contributed by atoms with Crippen LogP contribution in [0, 0.1) is 5.92 Å². The van der Waals surface area contributed by atoms with Crippen LogP contribution in [0.5, 0.6) is 0 Å². The summed E-state index contributed by atoms with van der Waals surface area (Å²) in [4.78, 5) is 23.8. The third-order valence-corrected chi connectivity index (χ3v) is 14.1. The molecule has 6 heteroatoms. The lowest BCUT2D eigenvalue weighted by atomic mass is 9.94. The maximum atomic E-state index is 12.4. The number of likely N-dealkylation sites (tertiary alicyclic amines) is 1. The number of unbranched alkanes of at least 4 members (excludes halogenated alkanes) is 26. The van der Waals surface area contributed by atoms with Gasteiger partial charge >= 0.3 is 5.97 Å². The van der Waals surface area contributed by atoms with Crippen molar-refractivity contribution >= 4 is 5.97 Å². The number of carbonyl (C=O) groups excluding carboxylic acids is 1. The third-order valence-electron chi connectivity index (χ3n) is 14.1. The Hall–Kier alpha value is -0.690. The van der Waals surface area contributed by atoms with Gasteiger partial charge in [-0.3, -0.25) is 4.79 Å². The fourth-order valence-electron chi connectivity index (χ4n) is 9.75. The Balaban J connectivity index is 2.75. The minimum Gasteiger partial charge on any atom is -0.466 e. The second-order valence-electron chi connectivity index (χ2n) is 20.1. The number of esters is 1. The molecule has 0 bridgehead atoms. The lowest BCUT2D eigenvalue weighted by Crippen LogP contribution is -2.43. The average molecular weight is 876 g/mol. The molecule has 1 rings (SSSR count). The number of ether oxygens (including phenoxy) is 1. The zero-order valence-corrected chi connectivity index (χ0v) is 43.3. The highest BCUT2D eigenvalue weighted by atomic mass is 16.5. The molecule has 1 fully saturated rings. The van der Waals surface area contributed by atoms with Crippen LogP contribution >= 0.6 is 0 Å². The predicted molar refractivity (Wildman–Crippen MR) is 275 cm³/mol. The maximum absolute atomic E-state index is 12.4. The quantitative estimate of drug-likeness (QED) is 0.0448. The van der Waals surface area contributed by atoms with E-state index in [1.807, 2.05) is 0 Å². The van der Waals surface area contributed by atoms with Crippen LogP contribution in [-0.4, -0.2) is 111 Å². The van der Waals surface area contributed by atoms with Gasteiger partial charge in [0.2, 0.25) is 0 Å². The van der Waals surface area contributed by atoms with Crippen molar-refractivity contribution in [3.8, 4) is 0 Å². The molecule has 0 aliphatic carbocycles. The smallest absolute Gasteiger partial charge is 0.305 e. The number of piperidine rings is 1. The van der Waals surface area contributed by atoms with Gasteiger partial charge in [0.25, 0.3) is 0 Å². The highest BCUT2D eigenvalue weighted by Crippen LogP contribution is 2.21. The van der Waals surface area contributed by atoms with Crippen LogP contribution in [0.4, 0.5) is 0 Å². The Morgan fingerprint density at radius 3 is 1.26 bits per heavy atom. The number of nitrogens with zero attached hydrogens (tertiary/aromatic N) is 4. The molecule has 0 spiro atoms. The van der Waals surface area contributed by atoms with E-state index in [2.05, 4.69) is 54.2 Å². The summed E-state index contributed by atoms with van der Waals surface area (Å²) in [6.45, 7) is 27.0. The first kappa shape index (κ1) is 59.3. The monoisotopic (exact) mass is 875 g/mol. The van der Waals surface area contributed by atoms with Crippen molar-refractivity contribution in [2.45, 2.75) is 266 Å². The first-order valence-electron chi connectivity index (χ1n) is 28.6. The third kappa shape index (κ3) is 38.6. The van der Waals surface area contributed by atoms with Crippen LogP contribution in [0.15, 0.2) is 0 Å².